The number of aryl methyl sites for hydroxylation is 3. The number of aromatic nitrogens is 4. The number of fused-ring (bicyclic) bond motifs is 4. The minimum Gasteiger partial charge on any atom is -0.379 e. The number of hydrogen-bond acceptors (Lipinski definition) is 10. The number of thiophene rings is 1. The zero-order valence-electron chi connectivity index (χ0n) is 32.1. The number of carbonyl (C=O) groups is 2. The summed E-state index contributed by atoms with van der Waals surface area (Å²) >= 11 is 7.92. The fraction of sp³-hybridized carbons (Fsp3) is 0.395. The van der Waals surface area contributed by atoms with Crippen molar-refractivity contribution >= 4 is 53.7 Å². The molecule has 2 aliphatic rings. The van der Waals surface area contributed by atoms with E-state index in [0.717, 1.165) is 74.0 Å². The van der Waals surface area contributed by atoms with E-state index in [-0.39, 0.29) is 31.5 Å². The van der Waals surface area contributed by atoms with Gasteiger partial charge in [-0.05, 0) is 80.5 Å². The van der Waals surface area contributed by atoms with Crippen LogP contribution in [-0.2, 0) is 43.1 Å². The molecule has 0 fully saturated rings. The van der Waals surface area contributed by atoms with Gasteiger partial charge in [-0.2, -0.15) is 13.5 Å². The molecule has 3 aromatic heterocycles. The van der Waals surface area contributed by atoms with Crippen LogP contribution in [0, 0.1) is 20.8 Å². The molecule has 5 aromatic rings. The average Bonchev–Trinajstić information content (AvgIpc) is 3.82. The first-order chi connectivity index (χ1) is 26.7. The summed E-state index contributed by atoms with van der Waals surface area (Å²) in [7, 11) is 0. The van der Waals surface area contributed by atoms with Crippen molar-refractivity contribution in [1.29, 1.82) is 0 Å². The van der Waals surface area contributed by atoms with Gasteiger partial charge < -0.3 is 14.2 Å². The summed E-state index contributed by atoms with van der Waals surface area (Å²) in [5.74, 6) is 1.85. The number of hydrogen-bond donors (Lipinski definition) is 0. The molecule has 10 nitrogen and oxygen atoms in total. The molecule has 13 heteroatoms. The van der Waals surface area contributed by atoms with Gasteiger partial charge in [0.1, 0.15) is 28.4 Å². The lowest BCUT2D eigenvalue weighted by atomic mass is 9.99. The number of benzene rings is 2. The molecule has 0 amide bonds. The van der Waals surface area contributed by atoms with Crippen molar-refractivity contribution in [2.75, 3.05) is 39.6 Å². The maximum Gasteiger partial charge on any atom is 0.163 e. The van der Waals surface area contributed by atoms with Crippen LogP contribution in [0.4, 0.5) is 0 Å². The molecule has 0 saturated carbocycles. The third-order valence-electron chi connectivity index (χ3n) is 10.1. The first-order valence-corrected chi connectivity index (χ1v) is 20.1. The Hall–Kier alpha value is -4.04. The highest BCUT2D eigenvalue weighted by atomic mass is 35.5. The van der Waals surface area contributed by atoms with Gasteiger partial charge in [0.25, 0.3) is 0 Å². The number of halogens is 1. The molecule has 2 aromatic carbocycles. The van der Waals surface area contributed by atoms with Crippen LogP contribution in [0.5, 0.6) is 0 Å². The van der Waals surface area contributed by atoms with Gasteiger partial charge in [0.2, 0.25) is 0 Å². The Morgan fingerprint density at radius 2 is 1.52 bits per heavy atom. The van der Waals surface area contributed by atoms with Gasteiger partial charge in [-0.1, -0.05) is 48.0 Å². The molecule has 0 N–H and O–H groups in total. The van der Waals surface area contributed by atoms with E-state index in [9.17, 15) is 9.59 Å². The number of nitrogens with zero attached hydrogens (tertiary/aromatic N) is 5. The minimum absolute atomic E-state index is 0. The van der Waals surface area contributed by atoms with Crippen LogP contribution in [0.3, 0.4) is 0 Å². The molecule has 7 rings (SSSR count). The summed E-state index contributed by atoms with van der Waals surface area (Å²) in [5, 5.41) is 10.6. The molecule has 1 aliphatic carbocycles. The van der Waals surface area contributed by atoms with Crippen molar-refractivity contribution < 1.29 is 23.8 Å². The molecular weight excluding hydrogens is 766 g/mol. The molecule has 4 heterocycles. The molecule has 0 unspecified atom stereocenters. The lowest BCUT2D eigenvalue weighted by Crippen LogP contribution is -2.13. The monoisotopic (exact) mass is 813 g/mol. The molecule has 0 saturated heterocycles. The highest BCUT2D eigenvalue weighted by molar-refractivity contribution is 7.59. The number of Topliss-reactive ketones (excluding diaryl/α,β-unsaturated/α-hetero) is 2. The van der Waals surface area contributed by atoms with Crippen molar-refractivity contribution in [1.82, 2.24) is 19.7 Å². The second kappa shape index (κ2) is 19.4. The smallest absolute Gasteiger partial charge is 0.163 e. The molecule has 1 aliphatic heterocycles. The average molecular weight is 814 g/mol. The lowest BCUT2D eigenvalue weighted by Gasteiger charge is -2.12. The van der Waals surface area contributed by atoms with Gasteiger partial charge in [-0.25, -0.2) is 0 Å². The molecular formula is C43H48ClN5O5S2. The molecule has 294 valence electrons. The number of carbonyl (C=O) groups excluding carboxylic acids is 2. The Balaban J connectivity index is 0.00000532. The van der Waals surface area contributed by atoms with Crippen molar-refractivity contribution in [2.45, 2.75) is 71.8 Å². The van der Waals surface area contributed by atoms with Crippen molar-refractivity contribution in [3.63, 3.8) is 0 Å². The van der Waals surface area contributed by atoms with E-state index in [2.05, 4.69) is 63.9 Å². The lowest BCUT2D eigenvalue weighted by molar-refractivity contribution is -0.120. The Labute approximate surface area is 344 Å². The van der Waals surface area contributed by atoms with Crippen LogP contribution in [0.15, 0.2) is 65.8 Å². The maximum atomic E-state index is 13.3. The first-order valence-electron chi connectivity index (χ1n) is 18.9. The standard InChI is InChI=1S/C43H46ClN5O5S.H2S/c1-27-28(2)55-43-40(27)41(30-10-13-35(44)14-11-30)46-39(42-48-47-29(3)49(42)43)25-37(50)7-5-17-53-19-21-54-20-18-52-16-4-6-36-15-12-33(26-45-36)31-8-9-32-23-38(51)24-34(32)22-31;/h8-15,22,26,39H,4-7,16-21,23-25H2,1-3H3;1H2/t39-;/m0./s1. The Bertz CT molecular complexity index is 2180. The quantitative estimate of drug-likeness (QED) is 0.0816. The summed E-state index contributed by atoms with van der Waals surface area (Å²) in [6, 6.07) is 17.6. The third kappa shape index (κ3) is 9.90. The highest BCUT2D eigenvalue weighted by Gasteiger charge is 2.32. The summed E-state index contributed by atoms with van der Waals surface area (Å²) in [5.41, 5.74) is 9.48. The minimum atomic E-state index is -0.463. The van der Waals surface area contributed by atoms with Crippen molar-refractivity contribution in [3.8, 4) is 16.1 Å². The zero-order chi connectivity index (χ0) is 38.3. The van der Waals surface area contributed by atoms with Crippen LogP contribution in [0.1, 0.15) is 81.8 Å². The fourth-order valence-corrected chi connectivity index (χ4v) is 8.43. The summed E-state index contributed by atoms with van der Waals surface area (Å²) < 4.78 is 19.2. The Kier molecular flexibility index (Phi) is 14.4. The van der Waals surface area contributed by atoms with E-state index in [1.807, 2.05) is 37.4 Å². The second-order valence-corrected chi connectivity index (χ2v) is 15.7. The van der Waals surface area contributed by atoms with E-state index < -0.39 is 6.04 Å². The van der Waals surface area contributed by atoms with Crippen LogP contribution in [0.25, 0.3) is 16.1 Å². The summed E-state index contributed by atoms with van der Waals surface area (Å²) in [6.45, 7) is 9.22. The van der Waals surface area contributed by atoms with Gasteiger partial charge in [0.15, 0.2) is 5.82 Å². The molecule has 0 spiro atoms. The van der Waals surface area contributed by atoms with E-state index in [1.165, 1.54) is 4.88 Å². The largest absolute Gasteiger partial charge is 0.379 e. The fourth-order valence-electron chi connectivity index (χ4n) is 7.09. The Morgan fingerprint density at radius 3 is 2.25 bits per heavy atom. The van der Waals surface area contributed by atoms with Gasteiger partial charge in [-0.3, -0.25) is 24.1 Å². The Morgan fingerprint density at radius 1 is 0.839 bits per heavy atom. The molecule has 0 bridgehead atoms. The van der Waals surface area contributed by atoms with Gasteiger partial charge in [0, 0.05) is 77.4 Å². The summed E-state index contributed by atoms with van der Waals surface area (Å²) in [6.07, 6.45) is 5.95. The first kappa shape index (κ1) is 41.6. The third-order valence-corrected chi connectivity index (χ3v) is 11.6. The molecule has 56 heavy (non-hydrogen) atoms. The summed E-state index contributed by atoms with van der Waals surface area (Å²) in [4.78, 5) is 36.1. The number of rotatable bonds is 18. The predicted octanol–water partition coefficient (Wildman–Crippen LogP) is 8.06. The van der Waals surface area contributed by atoms with Gasteiger partial charge in [0.05, 0.1) is 32.1 Å². The van der Waals surface area contributed by atoms with Gasteiger partial charge in [-0.15, -0.1) is 21.5 Å². The number of pyridine rings is 1. The number of ether oxygens (including phenoxy) is 3. The SMILES string of the molecule is Cc1sc2c(c1C)C(c1ccc(Cl)cc1)=N[C@@H](CC(=O)CCCOCCOCCOCCCc1ccc(-c3ccc4c(c3)CC(=O)C4)cn1)c1nnc(C)n1-2.S. The van der Waals surface area contributed by atoms with Crippen LogP contribution in [-0.4, -0.2) is 76.7 Å². The van der Waals surface area contributed by atoms with Crippen LogP contribution < -0.4 is 0 Å². The van der Waals surface area contributed by atoms with Gasteiger partial charge >= 0.3 is 0 Å². The topological polar surface area (TPSA) is 118 Å². The zero-order valence-corrected chi connectivity index (χ0v) is 34.7. The maximum absolute atomic E-state index is 13.3. The van der Waals surface area contributed by atoms with E-state index in [0.29, 0.717) is 76.2 Å². The van der Waals surface area contributed by atoms with Crippen LogP contribution in [0.2, 0.25) is 5.02 Å². The predicted molar refractivity (Wildman–Crippen MR) is 225 cm³/mol. The highest BCUT2D eigenvalue weighted by Crippen LogP contribution is 2.40. The molecule has 1 atom stereocenters. The van der Waals surface area contributed by atoms with E-state index in [1.54, 1.807) is 11.3 Å². The normalized spacial score (nSPS) is 14.5. The van der Waals surface area contributed by atoms with Crippen molar-refractivity contribution in [2.24, 2.45) is 4.99 Å². The van der Waals surface area contributed by atoms with E-state index in [4.69, 9.17) is 30.8 Å². The number of ketones is 2. The number of aliphatic imine (C=N–C) groups is 1. The van der Waals surface area contributed by atoms with E-state index >= 15 is 0 Å². The molecule has 0 radical (unpaired) electrons. The second-order valence-electron chi connectivity index (χ2n) is 14.1. The van der Waals surface area contributed by atoms with Crippen LogP contribution >= 0.6 is 36.4 Å². The van der Waals surface area contributed by atoms with Crippen molar-refractivity contribution in [3.05, 3.63) is 116 Å².